The molecule has 2 atom stereocenters. The van der Waals surface area contributed by atoms with Gasteiger partial charge in [0, 0.05) is 18.2 Å². The first kappa shape index (κ1) is 20.2. The van der Waals surface area contributed by atoms with Crippen molar-refractivity contribution in [1.82, 2.24) is 5.32 Å². The van der Waals surface area contributed by atoms with E-state index < -0.39 is 5.97 Å². The van der Waals surface area contributed by atoms with Gasteiger partial charge in [-0.2, -0.15) is 0 Å². The van der Waals surface area contributed by atoms with Crippen LogP contribution in [0.3, 0.4) is 0 Å². The Hall–Kier alpha value is -2.08. The van der Waals surface area contributed by atoms with Crippen molar-refractivity contribution >= 4 is 11.9 Å². The molecule has 0 aliphatic heterocycles. The van der Waals surface area contributed by atoms with Crippen molar-refractivity contribution in [2.75, 3.05) is 20.3 Å². The van der Waals surface area contributed by atoms with Crippen molar-refractivity contribution in [3.8, 4) is 5.75 Å². The lowest BCUT2D eigenvalue weighted by Crippen LogP contribution is -2.42. The molecule has 0 bridgehead atoms. The number of methoxy groups -OCH3 is 1. The molecule has 1 N–H and O–H groups in total. The van der Waals surface area contributed by atoms with Crippen LogP contribution in [-0.4, -0.2) is 38.2 Å². The van der Waals surface area contributed by atoms with E-state index in [1.54, 1.807) is 25.3 Å². The second-order valence-electron chi connectivity index (χ2n) is 6.68. The highest BCUT2D eigenvalue weighted by Gasteiger charge is 2.23. The molecule has 1 aliphatic rings. The zero-order chi connectivity index (χ0) is 18.9. The first-order valence-corrected chi connectivity index (χ1v) is 9.26. The number of carbonyl (C=O) groups is 2. The molecule has 6 heteroatoms. The predicted molar refractivity (Wildman–Crippen MR) is 98.2 cm³/mol. The van der Waals surface area contributed by atoms with Gasteiger partial charge in [-0.3, -0.25) is 4.79 Å². The van der Waals surface area contributed by atoms with Crippen LogP contribution in [0.5, 0.6) is 5.75 Å². The smallest absolute Gasteiger partial charge is 0.338 e. The summed E-state index contributed by atoms with van der Waals surface area (Å²) in [6.45, 7) is 4.69. The summed E-state index contributed by atoms with van der Waals surface area (Å²) in [6, 6.07) is 5.18. The van der Waals surface area contributed by atoms with Gasteiger partial charge in [-0.05, 0) is 43.9 Å². The molecule has 6 nitrogen and oxygen atoms in total. The van der Waals surface area contributed by atoms with E-state index in [0.29, 0.717) is 30.4 Å². The molecule has 0 radical (unpaired) electrons. The third-order valence-corrected chi connectivity index (χ3v) is 4.77. The minimum absolute atomic E-state index is 0.175. The molecule has 26 heavy (non-hydrogen) atoms. The zero-order valence-electron chi connectivity index (χ0n) is 15.9. The van der Waals surface area contributed by atoms with Gasteiger partial charge in [-0.25, -0.2) is 4.79 Å². The lowest BCUT2D eigenvalue weighted by molar-refractivity contribution is -0.125. The highest BCUT2D eigenvalue weighted by Crippen LogP contribution is 2.24. The number of hydrogen-bond acceptors (Lipinski definition) is 5. The van der Waals surface area contributed by atoms with E-state index in [1.165, 1.54) is 6.42 Å². The third-order valence-electron chi connectivity index (χ3n) is 4.77. The average Bonchev–Trinajstić information content (AvgIpc) is 2.66. The van der Waals surface area contributed by atoms with E-state index in [-0.39, 0.29) is 18.6 Å². The minimum Gasteiger partial charge on any atom is -0.496 e. The lowest BCUT2D eigenvalue weighted by atomic mass is 9.86. The minimum atomic E-state index is -0.530. The highest BCUT2D eigenvalue weighted by molar-refractivity contribution is 5.91. The van der Waals surface area contributed by atoms with E-state index in [0.717, 1.165) is 24.8 Å². The summed E-state index contributed by atoms with van der Waals surface area (Å²) in [5, 5.41) is 2.98. The molecule has 1 saturated carbocycles. The number of benzene rings is 1. The molecule has 0 spiro atoms. The Labute approximate surface area is 155 Å². The fourth-order valence-corrected chi connectivity index (χ4v) is 3.22. The molecular formula is C20H29NO5. The van der Waals surface area contributed by atoms with Crippen LogP contribution in [0.4, 0.5) is 0 Å². The second kappa shape index (κ2) is 10.2. The van der Waals surface area contributed by atoms with Crippen LogP contribution in [0, 0.1) is 5.92 Å². The van der Waals surface area contributed by atoms with Crippen molar-refractivity contribution in [2.45, 2.75) is 52.2 Å². The number of ether oxygens (including phenoxy) is 3. The summed E-state index contributed by atoms with van der Waals surface area (Å²) in [7, 11) is 1.57. The van der Waals surface area contributed by atoms with Gasteiger partial charge in [0.25, 0.3) is 5.91 Å². The fraction of sp³-hybridized carbons (Fsp3) is 0.600. The van der Waals surface area contributed by atoms with Gasteiger partial charge in [-0.1, -0.05) is 19.8 Å². The molecule has 0 unspecified atom stereocenters. The molecule has 1 amide bonds. The lowest BCUT2D eigenvalue weighted by Gasteiger charge is -2.29. The number of hydrogen-bond donors (Lipinski definition) is 1. The quantitative estimate of drug-likeness (QED) is 0.719. The molecule has 0 saturated heterocycles. The van der Waals surface area contributed by atoms with Gasteiger partial charge in [-0.15, -0.1) is 0 Å². The van der Waals surface area contributed by atoms with Gasteiger partial charge in [0.2, 0.25) is 0 Å². The summed E-state index contributed by atoms with van der Waals surface area (Å²) in [5.41, 5.74) is 1.14. The Morgan fingerprint density at radius 1 is 1.23 bits per heavy atom. The predicted octanol–water partition coefficient (Wildman–Crippen LogP) is 3.08. The number of nitrogens with one attached hydrogen (secondary N) is 1. The maximum atomic E-state index is 12.2. The molecule has 2 rings (SSSR count). The van der Waals surface area contributed by atoms with Crippen LogP contribution >= 0.6 is 0 Å². The standard InChI is InChI=1S/C20H29NO5/c1-4-25-12-16-11-15(9-10-18(16)24-3)20(23)26-13-19(22)21-17-8-6-5-7-14(17)2/h9-11,14,17H,4-8,12-13H2,1-3H3,(H,21,22)/t14-,17+/m0/s1. The summed E-state index contributed by atoms with van der Waals surface area (Å²) in [5.74, 6) is 0.336. The number of carbonyl (C=O) groups excluding carboxylic acids is 2. The summed E-state index contributed by atoms with van der Waals surface area (Å²) in [6.07, 6.45) is 4.45. The van der Waals surface area contributed by atoms with Crippen LogP contribution in [-0.2, 0) is 20.9 Å². The normalized spacial score (nSPS) is 19.7. The third kappa shape index (κ3) is 5.73. The van der Waals surface area contributed by atoms with Gasteiger partial charge < -0.3 is 19.5 Å². The number of esters is 1. The van der Waals surface area contributed by atoms with Crippen LogP contribution in [0.1, 0.15) is 55.5 Å². The molecule has 1 aliphatic carbocycles. The van der Waals surface area contributed by atoms with Crippen molar-refractivity contribution in [3.63, 3.8) is 0 Å². The molecule has 1 fully saturated rings. The molecule has 144 valence electrons. The SMILES string of the molecule is CCOCc1cc(C(=O)OCC(=O)N[C@@H]2CCCC[C@@H]2C)ccc1OC. The maximum absolute atomic E-state index is 12.2. The Kier molecular flexibility index (Phi) is 7.91. The Balaban J connectivity index is 1.89. The van der Waals surface area contributed by atoms with Gasteiger partial charge in [0.1, 0.15) is 5.75 Å². The number of rotatable bonds is 8. The van der Waals surface area contributed by atoms with E-state index in [4.69, 9.17) is 14.2 Å². The Morgan fingerprint density at radius 3 is 2.69 bits per heavy atom. The molecular weight excluding hydrogens is 334 g/mol. The van der Waals surface area contributed by atoms with Crippen LogP contribution in [0.15, 0.2) is 18.2 Å². The van der Waals surface area contributed by atoms with Gasteiger partial charge >= 0.3 is 5.97 Å². The average molecular weight is 363 g/mol. The molecule has 1 aromatic rings. The zero-order valence-corrected chi connectivity index (χ0v) is 15.9. The van der Waals surface area contributed by atoms with Gasteiger partial charge in [0.05, 0.1) is 19.3 Å². The van der Waals surface area contributed by atoms with Crippen LogP contribution < -0.4 is 10.1 Å². The molecule has 0 heterocycles. The maximum Gasteiger partial charge on any atom is 0.338 e. The van der Waals surface area contributed by atoms with E-state index in [1.807, 2.05) is 6.92 Å². The van der Waals surface area contributed by atoms with Crippen LogP contribution in [0.25, 0.3) is 0 Å². The summed E-state index contributed by atoms with van der Waals surface area (Å²) < 4.78 is 15.8. The first-order chi connectivity index (χ1) is 12.5. The Bertz CT molecular complexity index is 616. The van der Waals surface area contributed by atoms with Crippen molar-refractivity contribution < 1.29 is 23.8 Å². The monoisotopic (exact) mass is 363 g/mol. The summed E-state index contributed by atoms with van der Waals surface area (Å²) in [4.78, 5) is 24.3. The van der Waals surface area contributed by atoms with Crippen molar-refractivity contribution in [2.24, 2.45) is 5.92 Å². The largest absolute Gasteiger partial charge is 0.496 e. The Morgan fingerprint density at radius 2 is 2.00 bits per heavy atom. The molecule has 1 aromatic carbocycles. The topological polar surface area (TPSA) is 73.9 Å². The first-order valence-electron chi connectivity index (χ1n) is 9.26. The highest BCUT2D eigenvalue weighted by atomic mass is 16.5. The summed E-state index contributed by atoms with van der Waals surface area (Å²) >= 11 is 0. The van der Waals surface area contributed by atoms with E-state index in [2.05, 4.69) is 12.2 Å². The van der Waals surface area contributed by atoms with E-state index in [9.17, 15) is 9.59 Å². The number of amides is 1. The van der Waals surface area contributed by atoms with Crippen molar-refractivity contribution in [1.29, 1.82) is 0 Å². The van der Waals surface area contributed by atoms with Crippen molar-refractivity contribution in [3.05, 3.63) is 29.3 Å². The van der Waals surface area contributed by atoms with Crippen LogP contribution in [0.2, 0.25) is 0 Å². The van der Waals surface area contributed by atoms with E-state index >= 15 is 0 Å². The molecule has 0 aromatic heterocycles. The van der Waals surface area contributed by atoms with Gasteiger partial charge in [0.15, 0.2) is 6.61 Å². The fourth-order valence-electron chi connectivity index (χ4n) is 3.22. The second-order valence-corrected chi connectivity index (χ2v) is 6.68.